The molecule has 25 heavy (non-hydrogen) atoms. The van der Waals surface area contributed by atoms with Gasteiger partial charge in [-0.1, -0.05) is 29.5 Å². The summed E-state index contributed by atoms with van der Waals surface area (Å²) in [4.78, 5) is 30.3. The van der Waals surface area contributed by atoms with E-state index in [1.54, 1.807) is 6.92 Å². The normalized spacial score (nSPS) is 21.1. The Bertz CT molecular complexity index is 684. The summed E-state index contributed by atoms with van der Waals surface area (Å²) >= 11 is 2.15. The molecule has 0 aromatic carbocycles. The van der Waals surface area contributed by atoms with Crippen LogP contribution in [0.5, 0.6) is 0 Å². The van der Waals surface area contributed by atoms with E-state index in [0.29, 0.717) is 5.82 Å². The van der Waals surface area contributed by atoms with Gasteiger partial charge >= 0.3 is 5.97 Å². The molecule has 140 valence electrons. The van der Waals surface area contributed by atoms with Gasteiger partial charge in [-0.25, -0.2) is 0 Å². The lowest BCUT2D eigenvalue weighted by molar-refractivity contribution is -0.156. The van der Waals surface area contributed by atoms with Gasteiger partial charge in [0.25, 0.3) is 5.56 Å². The van der Waals surface area contributed by atoms with Crippen LogP contribution < -0.4 is 27.7 Å². The second-order valence-corrected chi connectivity index (χ2v) is 6.98. The molecule has 1 aromatic heterocycles. The van der Waals surface area contributed by atoms with Gasteiger partial charge in [0, 0.05) is 11.0 Å². The van der Waals surface area contributed by atoms with Gasteiger partial charge in [0.1, 0.15) is 23.9 Å². The van der Waals surface area contributed by atoms with E-state index in [0.717, 1.165) is 4.43 Å². The standard InChI is InChI=1S/C14H23IN6O4/c1-5(3-15)8(16)13(24)25-6(2)10(22)7-4-18-11-9(19-7)12(23)21-14(17)20-11/h5-8,10,19,22H,3-4,16H2,1-2H3,(H4,17,18,20,21,23)/t5?,6-,7?,8-,10-/m0/s1. The Morgan fingerprint density at radius 1 is 1.52 bits per heavy atom. The first kappa shape index (κ1) is 19.7. The van der Waals surface area contributed by atoms with Crippen LogP contribution in [0.2, 0.25) is 0 Å². The van der Waals surface area contributed by atoms with Gasteiger partial charge in [0.2, 0.25) is 5.95 Å². The van der Waals surface area contributed by atoms with Crippen molar-refractivity contribution in [3.8, 4) is 0 Å². The van der Waals surface area contributed by atoms with E-state index in [2.05, 4.69) is 43.2 Å². The third kappa shape index (κ3) is 4.52. The van der Waals surface area contributed by atoms with Gasteiger partial charge in [-0.2, -0.15) is 4.98 Å². The molecule has 0 aliphatic carbocycles. The smallest absolute Gasteiger partial charge is 0.323 e. The molecule has 1 aliphatic heterocycles. The molecule has 0 saturated heterocycles. The van der Waals surface area contributed by atoms with E-state index in [1.165, 1.54) is 0 Å². The molecule has 1 aliphatic rings. The summed E-state index contributed by atoms with van der Waals surface area (Å²) in [6.45, 7) is 3.71. The maximum Gasteiger partial charge on any atom is 0.323 e. The van der Waals surface area contributed by atoms with Gasteiger partial charge in [-0.3, -0.25) is 14.6 Å². The van der Waals surface area contributed by atoms with E-state index in [9.17, 15) is 14.7 Å². The van der Waals surface area contributed by atoms with E-state index in [1.807, 2.05) is 6.92 Å². The van der Waals surface area contributed by atoms with Gasteiger partial charge in [0.15, 0.2) is 5.82 Å². The third-order valence-corrected chi connectivity index (χ3v) is 5.47. The number of rotatable bonds is 6. The number of carbonyl (C=O) groups excluding carboxylic acids is 1. The molecule has 0 radical (unpaired) electrons. The number of ether oxygens (including phenoxy) is 1. The van der Waals surface area contributed by atoms with Crippen molar-refractivity contribution < 1.29 is 14.6 Å². The zero-order valence-corrected chi connectivity index (χ0v) is 16.1. The number of aliphatic hydroxyl groups excluding tert-OH is 1. The maximum absolute atomic E-state index is 12.1. The highest BCUT2D eigenvalue weighted by Gasteiger charge is 2.33. The Labute approximate surface area is 158 Å². The van der Waals surface area contributed by atoms with Crippen molar-refractivity contribution in [3.05, 3.63) is 10.4 Å². The second kappa shape index (κ2) is 8.19. The Hall–Kier alpha value is -1.60. The number of alkyl halides is 1. The largest absolute Gasteiger partial charge is 0.459 e. The summed E-state index contributed by atoms with van der Waals surface area (Å²) in [7, 11) is 0. The van der Waals surface area contributed by atoms with Crippen molar-refractivity contribution in [1.29, 1.82) is 0 Å². The minimum Gasteiger partial charge on any atom is -0.459 e. The summed E-state index contributed by atoms with van der Waals surface area (Å²) in [5.41, 5.74) is 11.1. The number of halogens is 1. The number of H-pyrrole nitrogens is 1. The number of nitrogens with one attached hydrogen (secondary N) is 3. The molecule has 0 amide bonds. The number of carbonyl (C=O) groups is 1. The van der Waals surface area contributed by atoms with E-state index >= 15 is 0 Å². The van der Waals surface area contributed by atoms with Crippen molar-refractivity contribution >= 4 is 46.0 Å². The highest BCUT2D eigenvalue weighted by atomic mass is 127. The molecule has 8 N–H and O–H groups in total. The quantitative estimate of drug-likeness (QED) is 0.180. The first-order chi connectivity index (χ1) is 11.7. The zero-order chi connectivity index (χ0) is 18.7. The molecule has 0 fully saturated rings. The predicted octanol–water partition coefficient (Wildman–Crippen LogP) is -0.751. The van der Waals surface area contributed by atoms with Crippen molar-refractivity contribution in [2.75, 3.05) is 27.3 Å². The van der Waals surface area contributed by atoms with Crippen LogP contribution in [0.1, 0.15) is 13.8 Å². The number of nitrogen functional groups attached to an aromatic ring is 1. The molecule has 0 saturated carbocycles. The molecular weight excluding hydrogens is 443 g/mol. The van der Waals surface area contributed by atoms with Crippen molar-refractivity contribution in [3.63, 3.8) is 0 Å². The lowest BCUT2D eigenvalue weighted by Crippen LogP contribution is -2.51. The Morgan fingerprint density at radius 3 is 2.84 bits per heavy atom. The molecule has 1 aromatic rings. The number of fused-ring (bicyclic) bond motifs is 1. The highest BCUT2D eigenvalue weighted by Crippen LogP contribution is 2.22. The minimum atomic E-state index is -1.05. The lowest BCUT2D eigenvalue weighted by atomic mass is 10.0. The summed E-state index contributed by atoms with van der Waals surface area (Å²) in [6.07, 6.45) is -1.86. The van der Waals surface area contributed by atoms with Crippen LogP contribution in [0.3, 0.4) is 0 Å². The fraction of sp³-hybridized carbons (Fsp3) is 0.643. The van der Waals surface area contributed by atoms with Gasteiger partial charge in [-0.05, 0) is 12.8 Å². The average Bonchev–Trinajstić information content (AvgIpc) is 2.59. The SMILES string of the molecule is CC(CI)[C@H](N)C(=O)O[C@@H](C)[C@H](O)C1CNc2nc(N)[nH]c(=O)c2N1. The molecular formula is C14H23IN6O4. The van der Waals surface area contributed by atoms with E-state index in [-0.39, 0.29) is 24.1 Å². The van der Waals surface area contributed by atoms with Gasteiger partial charge in [0.05, 0.1) is 6.04 Å². The molecule has 10 nitrogen and oxygen atoms in total. The Morgan fingerprint density at radius 2 is 2.20 bits per heavy atom. The van der Waals surface area contributed by atoms with Crippen molar-refractivity contribution in [2.24, 2.45) is 11.7 Å². The van der Waals surface area contributed by atoms with Crippen LogP contribution in [-0.4, -0.2) is 56.3 Å². The van der Waals surface area contributed by atoms with Crippen LogP contribution in [0.25, 0.3) is 0 Å². The van der Waals surface area contributed by atoms with Crippen LogP contribution in [0.15, 0.2) is 4.79 Å². The van der Waals surface area contributed by atoms with Crippen LogP contribution >= 0.6 is 22.6 Å². The molecule has 2 heterocycles. The van der Waals surface area contributed by atoms with Crippen molar-refractivity contribution in [2.45, 2.75) is 38.1 Å². The zero-order valence-electron chi connectivity index (χ0n) is 14.0. The first-order valence-electron chi connectivity index (χ1n) is 7.84. The topological polar surface area (TPSA) is 168 Å². The average molecular weight is 466 g/mol. The number of anilines is 3. The predicted molar refractivity (Wildman–Crippen MR) is 103 cm³/mol. The monoisotopic (exact) mass is 466 g/mol. The van der Waals surface area contributed by atoms with Crippen molar-refractivity contribution in [1.82, 2.24) is 9.97 Å². The summed E-state index contributed by atoms with van der Waals surface area (Å²) < 4.78 is 6.00. The number of nitrogens with two attached hydrogens (primary N) is 2. The molecule has 11 heteroatoms. The summed E-state index contributed by atoms with van der Waals surface area (Å²) in [5.74, 6) is -0.286. The number of aromatic amines is 1. The van der Waals surface area contributed by atoms with E-state index in [4.69, 9.17) is 16.2 Å². The maximum atomic E-state index is 12.1. The van der Waals surface area contributed by atoms with Crippen LogP contribution in [-0.2, 0) is 9.53 Å². The van der Waals surface area contributed by atoms with Gasteiger partial charge in [-0.15, -0.1) is 0 Å². The van der Waals surface area contributed by atoms with Crippen LogP contribution in [0.4, 0.5) is 17.5 Å². The highest BCUT2D eigenvalue weighted by molar-refractivity contribution is 14.1. The fourth-order valence-corrected chi connectivity index (χ4v) is 2.94. The number of aliphatic hydroxyl groups is 1. The molecule has 0 spiro atoms. The number of nitrogens with zero attached hydrogens (tertiary/aromatic N) is 1. The van der Waals surface area contributed by atoms with Crippen LogP contribution in [0, 0.1) is 5.92 Å². The summed E-state index contributed by atoms with van der Waals surface area (Å²) in [5, 5.41) is 16.3. The third-order valence-electron chi connectivity index (χ3n) is 4.08. The number of hydrogen-bond donors (Lipinski definition) is 6. The Kier molecular flexibility index (Phi) is 6.46. The fourth-order valence-electron chi connectivity index (χ4n) is 2.39. The lowest BCUT2D eigenvalue weighted by Gasteiger charge is -2.33. The Balaban J connectivity index is 2.02. The van der Waals surface area contributed by atoms with Gasteiger partial charge < -0.3 is 31.9 Å². The first-order valence-corrected chi connectivity index (χ1v) is 9.37. The molecule has 2 unspecified atom stereocenters. The number of hydrogen-bond acceptors (Lipinski definition) is 9. The number of aromatic nitrogens is 2. The second-order valence-electron chi connectivity index (χ2n) is 6.10. The molecule has 2 rings (SSSR count). The minimum absolute atomic E-state index is 0.00211. The summed E-state index contributed by atoms with van der Waals surface area (Å²) in [6, 6.07) is -1.31. The van der Waals surface area contributed by atoms with E-state index < -0.39 is 35.8 Å². The molecule has 0 bridgehead atoms. The number of esters is 1. The molecule has 5 atom stereocenters.